The second kappa shape index (κ2) is 6.66. The first kappa shape index (κ1) is 16.9. The number of methoxy groups -OCH3 is 1. The van der Waals surface area contributed by atoms with Gasteiger partial charge in [0, 0.05) is 32.2 Å². The summed E-state index contributed by atoms with van der Waals surface area (Å²) in [5.41, 5.74) is 0.348. The van der Waals surface area contributed by atoms with Gasteiger partial charge in [-0.1, -0.05) is 0 Å². The molecular weight excluding hydrogens is 336 g/mol. The average Bonchev–Trinajstić information content (AvgIpc) is 3.01. The molecule has 2 amide bonds. The number of rotatable bonds is 3. The maximum Gasteiger partial charge on any atom is 0.414 e. The molecule has 1 atom stereocenters. The normalized spacial score (nSPS) is 26.0. The summed E-state index contributed by atoms with van der Waals surface area (Å²) in [7, 11) is 1.60. The SMILES string of the molecule is COc1cc(N2CCCOC2=O)cnc1N1CCCC2(CCNC2=O)C1. The molecule has 0 saturated carbocycles. The van der Waals surface area contributed by atoms with Gasteiger partial charge >= 0.3 is 6.09 Å². The van der Waals surface area contributed by atoms with Gasteiger partial charge in [-0.05, 0) is 25.7 Å². The first-order chi connectivity index (χ1) is 12.6. The molecule has 0 aliphatic carbocycles. The van der Waals surface area contributed by atoms with Crippen molar-refractivity contribution in [2.45, 2.75) is 25.7 Å². The Bertz CT molecular complexity index is 725. The van der Waals surface area contributed by atoms with E-state index in [4.69, 9.17) is 9.47 Å². The molecule has 3 saturated heterocycles. The van der Waals surface area contributed by atoms with Crippen LogP contribution in [0.1, 0.15) is 25.7 Å². The molecule has 8 nitrogen and oxygen atoms in total. The van der Waals surface area contributed by atoms with Crippen molar-refractivity contribution in [1.29, 1.82) is 0 Å². The Morgan fingerprint density at radius 1 is 1.27 bits per heavy atom. The van der Waals surface area contributed by atoms with Crippen LogP contribution in [0.4, 0.5) is 16.3 Å². The fourth-order valence-corrected chi connectivity index (χ4v) is 4.17. The average molecular weight is 360 g/mol. The molecule has 0 radical (unpaired) electrons. The lowest BCUT2D eigenvalue weighted by atomic mass is 9.78. The van der Waals surface area contributed by atoms with Crippen molar-refractivity contribution in [2.24, 2.45) is 5.41 Å². The zero-order valence-corrected chi connectivity index (χ0v) is 15.0. The third-order valence-electron chi connectivity index (χ3n) is 5.57. The van der Waals surface area contributed by atoms with Crippen LogP contribution in [-0.2, 0) is 9.53 Å². The van der Waals surface area contributed by atoms with E-state index in [9.17, 15) is 9.59 Å². The number of ether oxygens (including phenoxy) is 2. The van der Waals surface area contributed by atoms with Crippen LogP contribution in [0.25, 0.3) is 0 Å². The summed E-state index contributed by atoms with van der Waals surface area (Å²) in [5.74, 6) is 1.48. The second-order valence-corrected chi connectivity index (χ2v) is 7.15. The third-order valence-corrected chi connectivity index (χ3v) is 5.57. The van der Waals surface area contributed by atoms with Gasteiger partial charge in [-0.25, -0.2) is 9.78 Å². The maximum absolute atomic E-state index is 12.3. The lowest BCUT2D eigenvalue weighted by Gasteiger charge is -2.39. The van der Waals surface area contributed by atoms with E-state index in [2.05, 4.69) is 15.2 Å². The van der Waals surface area contributed by atoms with E-state index in [1.54, 1.807) is 18.2 Å². The van der Waals surface area contributed by atoms with Crippen LogP contribution in [0.15, 0.2) is 12.3 Å². The number of amides is 2. The molecule has 0 aromatic carbocycles. The fraction of sp³-hybridized carbons (Fsp3) is 0.611. The van der Waals surface area contributed by atoms with Gasteiger partial charge in [-0.3, -0.25) is 9.69 Å². The molecular formula is C18H24N4O4. The highest BCUT2D eigenvalue weighted by Gasteiger charge is 2.45. The first-order valence-corrected chi connectivity index (χ1v) is 9.14. The topological polar surface area (TPSA) is 84.0 Å². The molecule has 1 unspecified atom stereocenters. The van der Waals surface area contributed by atoms with Crippen LogP contribution >= 0.6 is 0 Å². The van der Waals surface area contributed by atoms with Gasteiger partial charge in [0.25, 0.3) is 0 Å². The van der Waals surface area contributed by atoms with Crippen LogP contribution in [0.2, 0.25) is 0 Å². The smallest absolute Gasteiger partial charge is 0.414 e. The van der Waals surface area contributed by atoms with Crippen molar-refractivity contribution < 1.29 is 19.1 Å². The predicted octanol–water partition coefficient (Wildman–Crippen LogP) is 1.54. The lowest BCUT2D eigenvalue weighted by molar-refractivity contribution is -0.128. The Labute approximate surface area is 152 Å². The summed E-state index contributed by atoms with van der Waals surface area (Å²) in [6.07, 6.45) is 4.84. The Morgan fingerprint density at radius 2 is 2.15 bits per heavy atom. The highest BCUT2D eigenvalue weighted by molar-refractivity contribution is 5.89. The molecule has 4 heterocycles. The fourth-order valence-electron chi connectivity index (χ4n) is 4.17. The van der Waals surface area contributed by atoms with Gasteiger partial charge in [0.1, 0.15) is 0 Å². The van der Waals surface area contributed by atoms with E-state index in [-0.39, 0.29) is 17.4 Å². The summed E-state index contributed by atoms with van der Waals surface area (Å²) in [4.78, 5) is 32.6. The summed E-state index contributed by atoms with van der Waals surface area (Å²) < 4.78 is 10.7. The van der Waals surface area contributed by atoms with Gasteiger partial charge in [0.15, 0.2) is 11.6 Å². The van der Waals surface area contributed by atoms with Gasteiger partial charge in [-0.15, -0.1) is 0 Å². The second-order valence-electron chi connectivity index (χ2n) is 7.15. The molecule has 3 aliphatic rings. The standard InChI is InChI=1S/C18H24N4O4/c1-25-14-10-13(22-8-3-9-26-17(22)24)11-20-15(14)21-7-2-4-18(12-21)5-6-19-16(18)23/h10-11H,2-9,12H2,1H3,(H,19,23). The minimum absolute atomic E-state index is 0.147. The molecule has 3 aliphatic heterocycles. The van der Waals surface area contributed by atoms with Crippen LogP contribution in [0.5, 0.6) is 5.75 Å². The number of nitrogens with one attached hydrogen (secondary N) is 1. The number of aromatic nitrogens is 1. The summed E-state index contributed by atoms with van der Waals surface area (Å²) in [6.45, 7) is 3.29. The minimum atomic E-state index is -0.354. The maximum atomic E-state index is 12.3. The number of carbonyl (C=O) groups excluding carboxylic acids is 2. The summed E-state index contributed by atoms with van der Waals surface area (Å²) >= 11 is 0. The van der Waals surface area contributed by atoms with E-state index >= 15 is 0 Å². The number of cyclic esters (lactones) is 1. The number of hydrogen-bond donors (Lipinski definition) is 1. The van der Waals surface area contributed by atoms with E-state index < -0.39 is 0 Å². The molecule has 1 N–H and O–H groups in total. The zero-order valence-electron chi connectivity index (χ0n) is 15.0. The van der Waals surface area contributed by atoms with Crippen molar-refractivity contribution in [3.8, 4) is 5.75 Å². The number of anilines is 2. The number of nitrogens with zero attached hydrogens (tertiary/aromatic N) is 3. The molecule has 4 rings (SSSR count). The predicted molar refractivity (Wildman–Crippen MR) is 95.6 cm³/mol. The van der Waals surface area contributed by atoms with Crippen molar-refractivity contribution in [1.82, 2.24) is 10.3 Å². The molecule has 8 heteroatoms. The molecule has 140 valence electrons. The summed E-state index contributed by atoms with van der Waals surface area (Å²) in [6, 6.07) is 1.82. The number of hydrogen-bond acceptors (Lipinski definition) is 6. The lowest BCUT2D eigenvalue weighted by Crippen LogP contribution is -2.47. The molecule has 1 spiro atoms. The van der Waals surface area contributed by atoms with Crippen molar-refractivity contribution in [3.05, 3.63) is 12.3 Å². The summed E-state index contributed by atoms with van der Waals surface area (Å²) in [5, 5.41) is 2.96. The zero-order chi connectivity index (χ0) is 18.1. The Morgan fingerprint density at radius 3 is 2.88 bits per heavy atom. The van der Waals surface area contributed by atoms with E-state index in [1.807, 2.05) is 6.07 Å². The molecule has 1 aromatic heterocycles. The molecule has 26 heavy (non-hydrogen) atoms. The van der Waals surface area contributed by atoms with Gasteiger partial charge in [-0.2, -0.15) is 0 Å². The number of pyridine rings is 1. The Hall–Kier alpha value is -2.51. The Balaban J connectivity index is 1.60. The third kappa shape index (κ3) is 2.83. The number of piperidine rings is 1. The highest BCUT2D eigenvalue weighted by Crippen LogP contribution is 2.40. The van der Waals surface area contributed by atoms with Crippen LogP contribution in [-0.4, -0.2) is 56.9 Å². The quantitative estimate of drug-likeness (QED) is 0.880. The van der Waals surface area contributed by atoms with Crippen LogP contribution < -0.4 is 19.9 Å². The van der Waals surface area contributed by atoms with Gasteiger partial charge in [0.05, 0.1) is 31.0 Å². The van der Waals surface area contributed by atoms with Crippen LogP contribution in [0.3, 0.4) is 0 Å². The highest BCUT2D eigenvalue weighted by atomic mass is 16.6. The van der Waals surface area contributed by atoms with E-state index in [0.29, 0.717) is 31.1 Å². The molecule has 0 bridgehead atoms. The van der Waals surface area contributed by atoms with Crippen molar-refractivity contribution >= 4 is 23.5 Å². The monoisotopic (exact) mass is 360 g/mol. The Kier molecular flexibility index (Phi) is 4.34. The first-order valence-electron chi connectivity index (χ1n) is 9.14. The van der Waals surface area contributed by atoms with Crippen LogP contribution in [0, 0.1) is 5.41 Å². The van der Waals surface area contributed by atoms with Gasteiger partial charge < -0.3 is 19.7 Å². The largest absolute Gasteiger partial charge is 0.493 e. The molecule has 3 fully saturated rings. The van der Waals surface area contributed by atoms with Gasteiger partial charge in [0.2, 0.25) is 5.91 Å². The van der Waals surface area contributed by atoms with E-state index in [1.165, 1.54) is 0 Å². The minimum Gasteiger partial charge on any atom is -0.493 e. The molecule has 1 aromatic rings. The number of carbonyl (C=O) groups is 2. The van der Waals surface area contributed by atoms with Crippen molar-refractivity contribution in [2.75, 3.05) is 49.7 Å². The van der Waals surface area contributed by atoms with E-state index in [0.717, 1.165) is 44.6 Å². The van der Waals surface area contributed by atoms with Crippen molar-refractivity contribution in [3.63, 3.8) is 0 Å².